The average molecular weight is 161 g/mol. The predicted octanol–water partition coefficient (Wildman–Crippen LogP) is -2.87. The molecule has 0 heterocycles. The SMILES string of the molecule is O=C(O)O[SiH3].[CaH2].[MgH2]. The number of rotatable bonds is 0. The first kappa shape index (κ1) is 15.8. The molecule has 0 atom stereocenters. The van der Waals surface area contributed by atoms with E-state index in [0.717, 1.165) is 0 Å². The molecular formula is CH8CaMgO3Si. The van der Waals surface area contributed by atoms with Crippen LogP contribution in [0.1, 0.15) is 0 Å². The fourth-order valence-electron chi connectivity index (χ4n) is 0. The molecule has 0 aliphatic heterocycles. The summed E-state index contributed by atoms with van der Waals surface area (Å²) in [5.41, 5.74) is 0. The molecule has 0 rings (SSSR count). The van der Waals surface area contributed by atoms with Crippen molar-refractivity contribution in [3.63, 3.8) is 0 Å². The van der Waals surface area contributed by atoms with Crippen LogP contribution in [0.4, 0.5) is 4.79 Å². The van der Waals surface area contributed by atoms with Gasteiger partial charge < -0.3 is 9.53 Å². The van der Waals surface area contributed by atoms with Crippen LogP contribution in [0.3, 0.4) is 0 Å². The molecule has 0 unspecified atom stereocenters. The summed E-state index contributed by atoms with van der Waals surface area (Å²) < 4.78 is 3.81. The van der Waals surface area contributed by atoms with Gasteiger partial charge in [0.1, 0.15) is 0 Å². The van der Waals surface area contributed by atoms with Gasteiger partial charge in [0.2, 0.25) is 10.5 Å². The van der Waals surface area contributed by atoms with Gasteiger partial charge in [-0.15, -0.1) is 0 Å². The molecule has 0 fully saturated rings. The van der Waals surface area contributed by atoms with Crippen LogP contribution in [0.2, 0.25) is 0 Å². The molecule has 0 saturated carbocycles. The summed E-state index contributed by atoms with van der Waals surface area (Å²) in [6.07, 6.45) is -1.18. The third-order valence-electron chi connectivity index (χ3n) is 0.175. The molecule has 0 aliphatic carbocycles. The molecule has 7 heavy (non-hydrogen) atoms. The summed E-state index contributed by atoms with van der Waals surface area (Å²) >= 11 is 0. The van der Waals surface area contributed by atoms with Gasteiger partial charge in [0, 0.05) is 0 Å². The summed E-state index contributed by atoms with van der Waals surface area (Å²) in [4.78, 5) is 9.18. The Balaban J connectivity index is -0.0000000800. The second-order valence-electron chi connectivity index (χ2n) is 0.470. The Kier molecular flexibility index (Phi) is 23.7. The van der Waals surface area contributed by atoms with E-state index in [4.69, 9.17) is 5.11 Å². The molecule has 0 aromatic rings. The van der Waals surface area contributed by atoms with E-state index < -0.39 is 6.16 Å². The van der Waals surface area contributed by atoms with Crippen LogP contribution in [0, 0.1) is 0 Å². The fraction of sp³-hybridized carbons (Fsp3) is 0. The van der Waals surface area contributed by atoms with Gasteiger partial charge in [-0.1, -0.05) is 0 Å². The van der Waals surface area contributed by atoms with E-state index in [2.05, 4.69) is 4.43 Å². The quantitative estimate of drug-likeness (QED) is 0.388. The van der Waals surface area contributed by atoms with Crippen molar-refractivity contribution in [2.45, 2.75) is 0 Å². The zero-order valence-corrected chi connectivity index (χ0v) is 4.76. The Labute approximate surface area is 90.5 Å². The van der Waals surface area contributed by atoms with Gasteiger partial charge in [-0.3, -0.25) is 0 Å². The molecule has 0 aromatic carbocycles. The topological polar surface area (TPSA) is 46.5 Å². The minimum atomic E-state index is -1.18. The fourth-order valence-corrected chi connectivity index (χ4v) is 0. The molecule has 0 bridgehead atoms. The number of carbonyl (C=O) groups is 1. The molecule has 0 amide bonds. The van der Waals surface area contributed by atoms with Gasteiger partial charge in [-0.05, 0) is 0 Å². The molecule has 0 saturated heterocycles. The van der Waals surface area contributed by atoms with E-state index in [1.54, 1.807) is 0 Å². The smallest absolute Gasteiger partial charge is 0.316 e. The summed E-state index contributed by atoms with van der Waals surface area (Å²) in [5.74, 6) is 0. The molecule has 0 radical (unpaired) electrons. The van der Waals surface area contributed by atoms with E-state index in [0.29, 0.717) is 0 Å². The zero-order valence-electron chi connectivity index (χ0n) is 2.76. The van der Waals surface area contributed by atoms with Gasteiger partial charge in [-0.2, -0.15) is 0 Å². The first-order chi connectivity index (χ1) is 2.27. The van der Waals surface area contributed by atoms with Crippen LogP contribution >= 0.6 is 0 Å². The molecule has 0 spiro atoms. The van der Waals surface area contributed by atoms with Crippen LogP contribution in [0.15, 0.2) is 0 Å². The van der Waals surface area contributed by atoms with Crippen molar-refractivity contribution in [1.29, 1.82) is 0 Å². The van der Waals surface area contributed by atoms with Crippen molar-refractivity contribution in [1.82, 2.24) is 0 Å². The first-order valence-electron chi connectivity index (χ1n) is 1.04. The minimum Gasteiger partial charge on any atom is 0.316 e. The largest absolute Gasteiger partial charge is 0.316 e. The maximum Gasteiger partial charge on any atom is 0.316 e. The summed E-state index contributed by atoms with van der Waals surface area (Å²) in [7, 11) is 0.274. The molecular weight excluding hydrogens is 152 g/mol. The Hall–Kier alpha value is 1.51. The Bertz CT molecular complexity index is 50.2. The van der Waals surface area contributed by atoms with Crippen LogP contribution in [-0.2, 0) is 4.43 Å². The van der Waals surface area contributed by atoms with Gasteiger partial charge in [0.15, 0.2) is 0 Å². The number of carboxylic acid groups (broad SMARTS) is 1. The standard InChI is InChI=1S/CH4O3Si.Ca.Mg.4H/c2-1(3)4-5;;;;;;/h5H3,(H,2,3);;;;;;. The molecule has 0 aliphatic rings. The Morgan fingerprint density at radius 1 is 1.71 bits per heavy atom. The van der Waals surface area contributed by atoms with Gasteiger partial charge in [0.25, 0.3) is 0 Å². The average Bonchev–Trinajstić information content (AvgIpc) is 1.38. The van der Waals surface area contributed by atoms with Crippen molar-refractivity contribution < 1.29 is 14.3 Å². The minimum absolute atomic E-state index is 0. The van der Waals surface area contributed by atoms with Crippen molar-refractivity contribution in [2.75, 3.05) is 0 Å². The molecule has 38 valence electrons. The maximum absolute atomic E-state index is 9.18. The van der Waals surface area contributed by atoms with E-state index in [1.165, 1.54) is 0 Å². The van der Waals surface area contributed by atoms with Gasteiger partial charge in [-0.25, -0.2) is 4.79 Å². The van der Waals surface area contributed by atoms with Crippen molar-refractivity contribution in [3.8, 4) is 0 Å². The summed E-state index contributed by atoms with van der Waals surface area (Å²) in [5, 5.41) is 7.53. The first-order valence-corrected chi connectivity index (χ1v) is 1.86. The maximum atomic E-state index is 9.18. The zero-order chi connectivity index (χ0) is 4.28. The van der Waals surface area contributed by atoms with Gasteiger partial charge in [0.05, 0.1) is 0 Å². The molecule has 6 heteroatoms. The van der Waals surface area contributed by atoms with Gasteiger partial charge >= 0.3 is 66.9 Å². The van der Waals surface area contributed by atoms with Crippen LogP contribution < -0.4 is 0 Å². The number of hydrogen-bond donors (Lipinski definition) is 1. The normalized spacial score (nSPS) is 5.14. The van der Waals surface area contributed by atoms with E-state index in [1.807, 2.05) is 0 Å². The van der Waals surface area contributed by atoms with Crippen LogP contribution in [0.5, 0.6) is 0 Å². The van der Waals surface area contributed by atoms with E-state index in [9.17, 15) is 4.79 Å². The molecule has 0 aromatic heterocycles. The monoisotopic (exact) mass is 160 g/mol. The molecule has 1 N–H and O–H groups in total. The molecule has 3 nitrogen and oxygen atoms in total. The van der Waals surface area contributed by atoms with Crippen LogP contribution in [-0.4, -0.2) is 82.5 Å². The Morgan fingerprint density at radius 3 is 1.86 bits per heavy atom. The number of hydrogen-bond acceptors (Lipinski definition) is 2. The third-order valence-corrected chi connectivity index (χ3v) is 0.524. The Morgan fingerprint density at radius 2 is 1.86 bits per heavy atom. The second kappa shape index (κ2) is 10.5. The summed E-state index contributed by atoms with van der Waals surface area (Å²) in [6, 6.07) is 0. The van der Waals surface area contributed by atoms with Crippen molar-refractivity contribution >= 4 is 77.4 Å². The van der Waals surface area contributed by atoms with E-state index >= 15 is 0 Å². The predicted molar refractivity (Wildman–Crippen MR) is 36.1 cm³/mol. The van der Waals surface area contributed by atoms with Crippen LogP contribution in [0.25, 0.3) is 0 Å². The second-order valence-corrected chi connectivity index (χ2v) is 0.878. The summed E-state index contributed by atoms with van der Waals surface area (Å²) in [6.45, 7) is 0. The van der Waals surface area contributed by atoms with Crippen molar-refractivity contribution in [3.05, 3.63) is 0 Å². The van der Waals surface area contributed by atoms with E-state index in [-0.39, 0.29) is 71.3 Å². The third kappa shape index (κ3) is 18.5. The van der Waals surface area contributed by atoms with Crippen molar-refractivity contribution in [2.24, 2.45) is 0 Å².